The van der Waals surface area contributed by atoms with Crippen LogP contribution in [0.25, 0.3) is 0 Å². The molecule has 2 fully saturated rings. The zero-order chi connectivity index (χ0) is 17.8. The van der Waals surface area contributed by atoms with E-state index in [-0.39, 0.29) is 30.1 Å². The van der Waals surface area contributed by atoms with E-state index < -0.39 is 0 Å². The van der Waals surface area contributed by atoms with Gasteiger partial charge in [0.25, 0.3) is 0 Å². The van der Waals surface area contributed by atoms with Crippen molar-refractivity contribution in [1.82, 2.24) is 10.2 Å². The summed E-state index contributed by atoms with van der Waals surface area (Å²) in [5.41, 5.74) is 2.20. The molecule has 6 heteroatoms. The first-order valence-corrected chi connectivity index (χ1v) is 9.45. The van der Waals surface area contributed by atoms with Gasteiger partial charge in [-0.05, 0) is 50.0 Å². The quantitative estimate of drug-likeness (QED) is 0.826. The van der Waals surface area contributed by atoms with Gasteiger partial charge in [0.05, 0.1) is 5.92 Å². The van der Waals surface area contributed by atoms with E-state index in [1.165, 1.54) is 5.56 Å². The number of carbonyl (C=O) groups excluding carboxylic acids is 2. The lowest BCUT2D eigenvalue weighted by Crippen LogP contribution is -2.36. The molecule has 2 amide bonds. The lowest BCUT2D eigenvalue weighted by Gasteiger charge is -2.21. The van der Waals surface area contributed by atoms with Crippen LogP contribution < -0.4 is 10.2 Å². The van der Waals surface area contributed by atoms with Crippen LogP contribution >= 0.6 is 12.4 Å². The first-order chi connectivity index (χ1) is 12.1. The molecular weight excluding hydrogens is 350 g/mol. The Morgan fingerprint density at radius 1 is 1.23 bits per heavy atom. The number of likely N-dealkylation sites (tertiary alicyclic amines) is 1. The number of hydrogen-bond acceptors (Lipinski definition) is 3. The summed E-state index contributed by atoms with van der Waals surface area (Å²) in [6.45, 7) is 5.26. The molecule has 0 spiro atoms. The highest BCUT2D eigenvalue weighted by molar-refractivity contribution is 6.00. The van der Waals surface area contributed by atoms with Gasteiger partial charge in [0.2, 0.25) is 11.8 Å². The predicted octanol–water partition coefficient (Wildman–Crippen LogP) is 2.48. The highest BCUT2D eigenvalue weighted by Gasteiger charge is 2.38. The van der Waals surface area contributed by atoms with Crippen LogP contribution in [0.2, 0.25) is 0 Å². The summed E-state index contributed by atoms with van der Waals surface area (Å²) in [5.74, 6) is 0.550. The van der Waals surface area contributed by atoms with Crippen molar-refractivity contribution in [2.75, 3.05) is 38.1 Å². The summed E-state index contributed by atoms with van der Waals surface area (Å²) in [7, 11) is 1.95. The van der Waals surface area contributed by atoms with Crippen molar-refractivity contribution in [2.45, 2.75) is 32.6 Å². The molecule has 1 N–H and O–H groups in total. The van der Waals surface area contributed by atoms with Gasteiger partial charge in [-0.25, -0.2) is 0 Å². The molecule has 2 aliphatic rings. The molecule has 2 unspecified atom stereocenters. The van der Waals surface area contributed by atoms with Crippen LogP contribution in [0.1, 0.15) is 31.7 Å². The second-order valence-electron chi connectivity index (χ2n) is 7.32. The molecule has 1 aromatic rings. The van der Waals surface area contributed by atoms with Crippen molar-refractivity contribution in [1.29, 1.82) is 0 Å². The topological polar surface area (TPSA) is 52.7 Å². The minimum absolute atomic E-state index is 0. The fourth-order valence-corrected chi connectivity index (χ4v) is 4.00. The number of rotatable bonds is 6. The maximum Gasteiger partial charge on any atom is 0.228 e. The Bertz CT molecular complexity index is 620. The maximum atomic E-state index is 12.8. The van der Waals surface area contributed by atoms with Crippen molar-refractivity contribution in [3.8, 4) is 0 Å². The standard InChI is InChI=1S/C20H29N3O2.ClH/c1-3-4-15-5-7-18(8-6-15)23-14-17(11-19(23)24)20(25)22-10-9-16(13-22)12-21-2;/h5-8,16-17,21H,3-4,9-14H2,1-2H3;1H. The van der Waals surface area contributed by atoms with Crippen LogP contribution in [-0.2, 0) is 16.0 Å². The third-order valence-corrected chi connectivity index (χ3v) is 5.35. The van der Waals surface area contributed by atoms with Gasteiger partial charge in [-0.1, -0.05) is 25.5 Å². The molecule has 2 atom stereocenters. The molecule has 0 aliphatic carbocycles. The van der Waals surface area contributed by atoms with Gasteiger partial charge in [-0.15, -0.1) is 12.4 Å². The summed E-state index contributed by atoms with van der Waals surface area (Å²) in [6.07, 6.45) is 3.56. The minimum atomic E-state index is -0.198. The number of aryl methyl sites for hydroxylation is 1. The van der Waals surface area contributed by atoms with Crippen molar-refractivity contribution < 1.29 is 9.59 Å². The van der Waals surface area contributed by atoms with Crippen LogP contribution in [0.3, 0.4) is 0 Å². The predicted molar refractivity (Wildman–Crippen MR) is 107 cm³/mol. The highest BCUT2D eigenvalue weighted by atomic mass is 35.5. The van der Waals surface area contributed by atoms with E-state index in [9.17, 15) is 9.59 Å². The number of anilines is 1. The normalized spacial score (nSPS) is 22.6. The molecule has 2 heterocycles. The van der Waals surface area contributed by atoms with Gasteiger partial charge >= 0.3 is 0 Å². The van der Waals surface area contributed by atoms with E-state index in [4.69, 9.17) is 0 Å². The Morgan fingerprint density at radius 3 is 2.62 bits per heavy atom. The summed E-state index contributed by atoms with van der Waals surface area (Å²) < 4.78 is 0. The Kier molecular flexibility index (Phi) is 7.47. The fourth-order valence-electron chi connectivity index (χ4n) is 4.00. The largest absolute Gasteiger partial charge is 0.342 e. The summed E-state index contributed by atoms with van der Waals surface area (Å²) in [4.78, 5) is 28.9. The number of amides is 2. The van der Waals surface area contributed by atoms with Gasteiger partial charge in [0.1, 0.15) is 0 Å². The Balaban J connectivity index is 0.00000243. The molecule has 1 aromatic carbocycles. The molecule has 5 nitrogen and oxygen atoms in total. The monoisotopic (exact) mass is 379 g/mol. The molecule has 2 aliphatic heterocycles. The van der Waals surface area contributed by atoms with Gasteiger partial charge in [0.15, 0.2) is 0 Å². The van der Waals surface area contributed by atoms with E-state index in [2.05, 4.69) is 24.4 Å². The highest BCUT2D eigenvalue weighted by Crippen LogP contribution is 2.28. The minimum Gasteiger partial charge on any atom is -0.342 e. The van der Waals surface area contributed by atoms with Crippen molar-refractivity contribution in [3.05, 3.63) is 29.8 Å². The summed E-state index contributed by atoms with van der Waals surface area (Å²) in [5, 5.41) is 3.19. The number of halogens is 1. The number of benzene rings is 1. The molecule has 0 aromatic heterocycles. The third-order valence-electron chi connectivity index (χ3n) is 5.35. The molecule has 2 saturated heterocycles. The SMILES string of the molecule is CCCc1ccc(N2CC(C(=O)N3CCC(CNC)C3)CC2=O)cc1.Cl. The van der Waals surface area contributed by atoms with Gasteiger partial charge in [-0.2, -0.15) is 0 Å². The smallest absolute Gasteiger partial charge is 0.228 e. The zero-order valence-corrected chi connectivity index (χ0v) is 16.6. The Hall–Kier alpha value is -1.59. The van der Waals surface area contributed by atoms with E-state index in [0.29, 0.717) is 18.9 Å². The first kappa shape index (κ1) is 20.7. The fraction of sp³-hybridized carbons (Fsp3) is 0.600. The van der Waals surface area contributed by atoms with Crippen LogP contribution in [-0.4, -0.2) is 49.9 Å². The van der Waals surface area contributed by atoms with Gasteiger partial charge in [-0.3, -0.25) is 9.59 Å². The molecule has 0 bridgehead atoms. The lowest BCUT2D eigenvalue weighted by molar-refractivity contribution is -0.134. The van der Waals surface area contributed by atoms with Crippen molar-refractivity contribution in [3.63, 3.8) is 0 Å². The number of hydrogen-bond donors (Lipinski definition) is 1. The average molecular weight is 380 g/mol. The van der Waals surface area contributed by atoms with Crippen LogP contribution in [0.15, 0.2) is 24.3 Å². The molecular formula is C20H30ClN3O2. The second-order valence-corrected chi connectivity index (χ2v) is 7.32. The average Bonchev–Trinajstić information content (AvgIpc) is 3.23. The Labute approximate surface area is 162 Å². The van der Waals surface area contributed by atoms with E-state index in [1.54, 1.807) is 4.90 Å². The Morgan fingerprint density at radius 2 is 1.96 bits per heavy atom. The molecule has 26 heavy (non-hydrogen) atoms. The van der Waals surface area contributed by atoms with E-state index in [0.717, 1.165) is 44.6 Å². The van der Waals surface area contributed by atoms with Gasteiger partial charge in [0, 0.05) is 31.7 Å². The molecule has 144 valence electrons. The third kappa shape index (κ3) is 4.57. The van der Waals surface area contributed by atoms with E-state index >= 15 is 0 Å². The molecule has 3 rings (SSSR count). The molecule has 0 saturated carbocycles. The maximum absolute atomic E-state index is 12.8. The van der Waals surface area contributed by atoms with Gasteiger partial charge < -0.3 is 15.1 Å². The first-order valence-electron chi connectivity index (χ1n) is 9.45. The van der Waals surface area contributed by atoms with E-state index in [1.807, 2.05) is 24.1 Å². The van der Waals surface area contributed by atoms with Crippen molar-refractivity contribution in [2.24, 2.45) is 11.8 Å². The summed E-state index contributed by atoms with van der Waals surface area (Å²) in [6, 6.07) is 8.19. The van der Waals surface area contributed by atoms with Crippen LogP contribution in [0.4, 0.5) is 5.69 Å². The van der Waals surface area contributed by atoms with Crippen LogP contribution in [0, 0.1) is 11.8 Å². The van der Waals surface area contributed by atoms with Crippen molar-refractivity contribution >= 4 is 29.9 Å². The second kappa shape index (κ2) is 9.38. The number of nitrogens with one attached hydrogen (secondary N) is 1. The number of carbonyl (C=O) groups is 2. The number of nitrogens with zero attached hydrogens (tertiary/aromatic N) is 2. The van der Waals surface area contributed by atoms with Crippen LogP contribution in [0.5, 0.6) is 0 Å². The summed E-state index contributed by atoms with van der Waals surface area (Å²) >= 11 is 0. The lowest BCUT2D eigenvalue weighted by atomic mass is 10.1. The zero-order valence-electron chi connectivity index (χ0n) is 15.7. The molecule has 0 radical (unpaired) electrons.